The summed E-state index contributed by atoms with van der Waals surface area (Å²) in [5, 5.41) is 0. The van der Waals surface area contributed by atoms with Gasteiger partial charge in [0.05, 0.1) is 0 Å². The van der Waals surface area contributed by atoms with Gasteiger partial charge >= 0.3 is 35.8 Å². The van der Waals surface area contributed by atoms with Crippen molar-refractivity contribution in [2.45, 2.75) is 41.5 Å². The van der Waals surface area contributed by atoms with E-state index in [1.54, 1.807) is 0 Å². The highest BCUT2D eigenvalue weighted by molar-refractivity contribution is 5.25. The van der Waals surface area contributed by atoms with E-state index >= 15 is 0 Å². The highest BCUT2D eigenvalue weighted by atomic mass is 19.4. The second kappa shape index (κ2) is 4.98. The zero-order chi connectivity index (χ0) is 19.6. The predicted octanol–water partition coefficient (Wildman–Crippen LogP) is 3.93. The van der Waals surface area contributed by atoms with E-state index in [1.165, 1.54) is 0 Å². The van der Waals surface area contributed by atoms with Gasteiger partial charge in [0.25, 0.3) is 5.72 Å². The third-order valence-corrected chi connectivity index (χ3v) is 3.05. The third kappa shape index (κ3) is 2.10. The minimum Gasteiger partial charge on any atom is -0.338 e. The highest BCUT2D eigenvalue weighted by Gasteiger charge is 3.01. The lowest BCUT2D eigenvalue weighted by Crippen LogP contribution is -2.88. The molecule has 0 spiro atoms. The molecule has 0 aromatic rings. The summed E-state index contributed by atoms with van der Waals surface area (Å²) in [4.78, 5) is 0. The molecule has 0 aromatic heterocycles. The SMILES string of the molecule is FNC1(OCC(F)(F)F)C(F)(F)C(F)(F)C(F)(F)C(F)(F)C1(F)F. The van der Waals surface area contributed by atoms with Crippen molar-refractivity contribution in [2.75, 3.05) is 6.61 Å². The molecule has 16 heteroatoms. The van der Waals surface area contributed by atoms with E-state index in [4.69, 9.17) is 0 Å². The molecular formula is C8H3F14NO. The molecule has 0 aliphatic heterocycles. The van der Waals surface area contributed by atoms with Crippen LogP contribution in [0.5, 0.6) is 0 Å². The molecule has 0 unspecified atom stereocenters. The summed E-state index contributed by atoms with van der Waals surface area (Å²) in [7, 11) is 0. The molecule has 1 aliphatic rings. The smallest absolute Gasteiger partial charge is 0.338 e. The summed E-state index contributed by atoms with van der Waals surface area (Å²) in [5.74, 6) is -36.8. The number of rotatable bonds is 3. The van der Waals surface area contributed by atoms with E-state index in [-0.39, 0.29) is 0 Å². The van der Waals surface area contributed by atoms with E-state index < -0.39 is 53.7 Å². The molecule has 0 saturated heterocycles. The second-order valence-electron chi connectivity index (χ2n) is 4.55. The quantitative estimate of drug-likeness (QED) is 0.445. The van der Waals surface area contributed by atoms with Crippen LogP contribution in [0.2, 0.25) is 0 Å². The Morgan fingerprint density at radius 3 is 1.17 bits per heavy atom. The number of hydrogen-bond acceptors (Lipinski definition) is 2. The third-order valence-electron chi connectivity index (χ3n) is 3.05. The number of alkyl halides is 13. The van der Waals surface area contributed by atoms with Crippen molar-refractivity contribution in [3.05, 3.63) is 0 Å². The fraction of sp³-hybridized carbons (Fsp3) is 1.00. The van der Waals surface area contributed by atoms with Gasteiger partial charge in [-0.15, -0.1) is 10.0 Å². The van der Waals surface area contributed by atoms with Gasteiger partial charge in [0.1, 0.15) is 6.61 Å². The summed E-state index contributed by atoms with van der Waals surface area (Å²) < 4.78 is 182. The van der Waals surface area contributed by atoms with Gasteiger partial charge in [0.15, 0.2) is 0 Å². The number of ether oxygens (including phenoxy) is 1. The van der Waals surface area contributed by atoms with Crippen LogP contribution in [0.1, 0.15) is 0 Å². The maximum Gasteiger partial charge on any atom is 0.411 e. The first-order valence-electron chi connectivity index (χ1n) is 5.24. The van der Waals surface area contributed by atoms with Crippen LogP contribution < -0.4 is 5.54 Å². The molecule has 1 saturated carbocycles. The molecule has 1 rings (SSSR count). The molecule has 0 amide bonds. The van der Waals surface area contributed by atoms with Crippen LogP contribution in [0.25, 0.3) is 0 Å². The summed E-state index contributed by atoms with van der Waals surface area (Å²) in [6.07, 6.45) is -5.87. The Bertz CT molecular complexity index is 465. The molecule has 0 bridgehead atoms. The van der Waals surface area contributed by atoms with Crippen molar-refractivity contribution >= 4 is 0 Å². The molecule has 0 atom stereocenters. The Balaban J connectivity index is 3.72. The number of halogens is 14. The van der Waals surface area contributed by atoms with Gasteiger partial charge in [-0.3, -0.25) is 0 Å². The second-order valence-corrected chi connectivity index (χ2v) is 4.55. The van der Waals surface area contributed by atoms with Crippen molar-refractivity contribution < 1.29 is 66.3 Å². The standard InChI is InChI=1S/C8H3F14NO/c9-2(10,11)1-24-8(23-22)6(18,19)4(14,15)3(12,13)5(16,17)7(8,20)21/h23H,1H2. The minimum atomic E-state index is -7.46. The van der Waals surface area contributed by atoms with Crippen LogP contribution >= 0.6 is 0 Å². The number of nitrogens with one attached hydrogen (secondary N) is 1. The molecule has 1 aliphatic carbocycles. The van der Waals surface area contributed by atoms with Crippen LogP contribution in [-0.4, -0.2) is 48.1 Å². The highest BCUT2D eigenvalue weighted by Crippen LogP contribution is 2.68. The summed E-state index contributed by atoms with van der Waals surface area (Å²) in [6, 6.07) is 0. The Kier molecular flexibility index (Phi) is 4.36. The molecule has 1 N–H and O–H groups in total. The maximum atomic E-state index is 13.4. The van der Waals surface area contributed by atoms with Gasteiger partial charge in [-0.05, 0) is 0 Å². The first-order chi connectivity index (χ1) is 10.3. The topological polar surface area (TPSA) is 21.3 Å². The zero-order valence-corrected chi connectivity index (χ0v) is 10.4. The number of hydrogen-bond donors (Lipinski definition) is 1. The fourth-order valence-electron chi connectivity index (χ4n) is 1.75. The van der Waals surface area contributed by atoms with E-state index in [9.17, 15) is 61.6 Å². The van der Waals surface area contributed by atoms with Crippen molar-refractivity contribution in [3.8, 4) is 0 Å². The van der Waals surface area contributed by atoms with Gasteiger partial charge in [0.2, 0.25) is 0 Å². The summed E-state index contributed by atoms with van der Waals surface area (Å²) in [6.45, 7) is -3.37. The Morgan fingerprint density at radius 2 is 0.917 bits per heavy atom. The molecule has 1 fully saturated rings. The fourth-order valence-corrected chi connectivity index (χ4v) is 1.75. The summed E-state index contributed by atoms with van der Waals surface area (Å²) >= 11 is 0. The van der Waals surface area contributed by atoms with Crippen LogP contribution in [0.15, 0.2) is 0 Å². The molecule has 0 aromatic carbocycles. The first kappa shape index (κ1) is 21.0. The van der Waals surface area contributed by atoms with E-state index in [0.717, 1.165) is 0 Å². The van der Waals surface area contributed by atoms with Crippen molar-refractivity contribution in [3.63, 3.8) is 0 Å². The van der Waals surface area contributed by atoms with E-state index in [0.29, 0.717) is 0 Å². The van der Waals surface area contributed by atoms with Gasteiger partial charge in [-0.2, -0.15) is 57.1 Å². The largest absolute Gasteiger partial charge is 0.411 e. The predicted molar refractivity (Wildman–Crippen MR) is 43.7 cm³/mol. The minimum absolute atomic E-state index is 1.10. The van der Waals surface area contributed by atoms with Crippen LogP contribution in [0.4, 0.5) is 61.6 Å². The van der Waals surface area contributed by atoms with Crippen LogP contribution in [0.3, 0.4) is 0 Å². The van der Waals surface area contributed by atoms with Crippen LogP contribution in [0, 0.1) is 0 Å². The average Bonchev–Trinajstić information content (AvgIpc) is 2.36. The Labute approximate surface area is 121 Å². The maximum absolute atomic E-state index is 13.4. The van der Waals surface area contributed by atoms with Gasteiger partial charge < -0.3 is 4.74 Å². The lowest BCUT2D eigenvalue weighted by molar-refractivity contribution is -0.513. The Morgan fingerprint density at radius 1 is 0.625 bits per heavy atom. The molecule has 0 heterocycles. The lowest BCUT2D eigenvalue weighted by Gasteiger charge is -2.54. The average molecular weight is 395 g/mol. The molecule has 24 heavy (non-hydrogen) atoms. The molecule has 2 nitrogen and oxygen atoms in total. The van der Waals surface area contributed by atoms with Crippen molar-refractivity contribution in [1.82, 2.24) is 5.54 Å². The summed E-state index contributed by atoms with van der Waals surface area (Å²) in [5.41, 5.74) is -7.54. The Hall–Kier alpha value is -1.06. The normalized spacial score (nSPS) is 29.2. The van der Waals surface area contributed by atoms with E-state index in [1.807, 2.05) is 0 Å². The van der Waals surface area contributed by atoms with Gasteiger partial charge in [0, 0.05) is 0 Å². The molecule has 0 radical (unpaired) electrons. The van der Waals surface area contributed by atoms with Crippen LogP contribution in [-0.2, 0) is 4.74 Å². The van der Waals surface area contributed by atoms with Gasteiger partial charge in [-0.25, -0.2) is 0 Å². The van der Waals surface area contributed by atoms with Crippen molar-refractivity contribution in [1.29, 1.82) is 0 Å². The first-order valence-corrected chi connectivity index (χ1v) is 5.24. The van der Waals surface area contributed by atoms with Gasteiger partial charge in [-0.1, -0.05) is 0 Å². The lowest BCUT2D eigenvalue weighted by atomic mass is 9.76. The zero-order valence-electron chi connectivity index (χ0n) is 10.4. The molecular weight excluding hydrogens is 392 g/mol. The monoisotopic (exact) mass is 395 g/mol. The molecule has 144 valence electrons. The van der Waals surface area contributed by atoms with Crippen molar-refractivity contribution in [2.24, 2.45) is 0 Å². The van der Waals surface area contributed by atoms with E-state index in [2.05, 4.69) is 4.74 Å².